The number of nitrogens with zero attached hydrogens (tertiary/aromatic N) is 1. The molecule has 2 aromatic rings. The van der Waals surface area contributed by atoms with E-state index in [1.54, 1.807) is 31.2 Å². The first-order valence-electron chi connectivity index (χ1n) is 8.82. The number of ketones is 1. The van der Waals surface area contributed by atoms with Crippen molar-refractivity contribution in [3.05, 3.63) is 56.8 Å². The second-order valence-electron chi connectivity index (χ2n) is 7.17. The summed E-state index contributed by atoms with van der Waals surface area (Å²) in [4.78, 5) is 14.9. The normalized spacial score (nSPS) is 16.8. The van der Waals surface area contributed by atoms with Crippen molar-refractivity contribution in [1.29, 1.82) is 0 Å². The molecular weight excluding hydrogens is 382 g/mol. The monoisotopic (exact) mass is 401 g/mol. The molecule has 0 spiro atoms. The van der Waals surface area contributed by atoms with Crippen molar-refractivity contribution in [3.8, 4) is 17.2 Å². The number of hydrogen-bond acceptors (Lipinski definition) is 6. The molecule has 0 bridgehead atoms. The molecule has 28 heavy (non-hydrogen) atoms. The number of aryl methyl sites for hydroxylation is 1. The van der Waals surface area contributed by atoms with Gasteiger partial charge in [-0.15, -0.1) is 0 Å². The van der Waals surface area contributed by atoms with Crippen LogP contribution in [-0.4, -0.2) is 36.7 Å². The summed E-state index contributed by atoms with van der Waals surface area (Å²) in [5.41, 5.74) is 3.19. The summed E-state index contributed by atoms with van der Waals surface area (Å²) in [7, 11) is 3.77. The number of halogens is 1. The van der Waals surface area contributed by atoms with E-state index < -0.39 is 0 Å². The average molecular weight is 402 g/mol. The minimum atomic E-state index is -0.228. The molecule has 0 atom stereocenters. The van der Waals surface area contributed by atoms with E-state index in [0.717, 1.165) is 5.56 Å². The number of carbonyl (C=O) groups is 1. The fraction of sp³-hybridized carbons (Fsp3) is 0.286. The highest BCUT2D eigenvalue weighted by Crippen LogP contribution is 2.43. The average Bonchev–Trinajstić information content (AvgIpc) is 2.95. The quantitative estimate of drug-likeness (QED) is 0.787. The fourth-order valence-electron chi connectivity index (χ4n) is 3.51. The summed E-state index contributed by atoms with van der Waals surface area (Å²) in [5, 5.41) is 10.9. The molecule has 0 saturated heterocycles. The molecular formula is C21H20ClNO5. The molecule has 0 aliphatic carbocycles. The van der Waals surface area contributed by atoms with Crippen LogP contribution in [0.2, 0.25) is 5.02 Å². The lowest BCUT2D eigenvalue weighted by Crippen LogP contribution is -2.12. The topological polar surface area (TPSA) is 68.2 Å². The molecule has 2 aliphatic rings. The number of phenols is 1. The van der Waals surface area contributed by atoms with Gasteiger partial charge >= 0.3 is 0 Å². The number of benzene rings is 2. The zero-order valence-corrected chi connectivity index (χ0v) is 16.6. The number of Topliss-reactive ketones (excluding diaryl/α,β-unsaturated/α-hetero) is 1. The second-order valence-corrected chi connectivity index (χ2v) is 7.60. The lowest BCUT2D eigenvalue weighted by atomic mass is 9.99. The molecule has 7 heteroatoms. The highest BCUT2D eigenvalue weighted by atomic mass is 35.5. The van der Waals surface area contributed by atoms with E-state index in [9.17, 15) is 9.90 Å². The van der Waals surface area contributed by atoms with Gasteiger partial charge in [0.15, 0.2) is 12.6 Å². The number of phenolic OH excluding ortho intramolecular Hbond substituents is 1. The highest BCUT2D eigenvalue weighted by Gasteiger charge is 2.33. The van der Waals surface area contributed by atoms with Crippen LogP contribution in [0.3, 0.4) is 0 Å². The van der Waals surface area contributed by atoms with Crippen LogP contribution in [0.15, 0.2) is 24.0 Å². The zero-order valence-electron chi connectivity index (χ0n) is 15.8. The minimum absolute atomic E-state index is 0.111. The van der Waals surface area contributed by atoms with E-state index in [0.29, 0.717) is 51.9 Å². The first-order valence-corrected chi connectivity index (χ1v) is 9.20. The van der Waals surface area contributed by atoms with Gasteiger partial charge in [0.05, 0.1) is 17.7 Å². The first kappa shape index (κ1) is 18.8. The van der Waals surface area contributed by atoms with Crippen molar-refractivity contribution in [1.82, 2.24) is 4.90 Å². The third-order valence-corrected chi connectivity index (χ3v) is 4.90. The molecule has 0 fully saturated rings. The molecule has 2 aromatic carbocycles. The summed E-state index contributed by atoms with van der Waals surface area (Å²) < 4.78 is 16.9. The van der Waals surface area contributed by atoms with Gasteiger partial charge in [-0.25, -0.2) is 0 Å². The maximum absolute atomic E-state index is 13.0. The summed E-state index contributed by atoms with van der Waals surface area (Å²) in [6, 6.07) is 5.11. The number of aromatic hydroxyl groups is 1. The van der Waals surface area contributed by atoms with Gasteiger partial charge in [0.2, 0.25) is 5.78 Å². The van der Waals surface area contributed by atoms with E-state index >= 15 is 0 Å². The van der Waals surface area contributed by atoms with Gasteiger partial charge in [0.1, 0.15) is 17.2 Å². The third kappa shape index (κ3) is 3.24. The van der Waals surface area contributed by atoms with Gasteiger partial charge in [-0.05, 0) is 50.9 Å². The Balaban J connectivity index is 1.81. The maximum Gasteiger partial charge on any atom is 0.232 e. The van der Waals surface area contributed by atoms with Crippen LogP contribution in [0.1, 0.15) is 32.6 Å². The molecule has 4 rings (SSSR count). The van der Waals surface area contributed by atoms with Gasteiger partial charge in [-0.1, -0.05) is 11.6 Å². The molecule has 2 aliphatic heterocycles. The summed E-state index contributed by atoms with van der Waals surface area (Å²) in [6.07, 6.45) is 1.63. The van der Waals surface area contributed by atoms with E-state index in [1.165, 1.54) is 0 Å². The molecule has 2 heterocycles. The Kier molecular flexibility index (Phi) is 4.79. The Bertz CT molecular complexity index is 1010. The minimum Gasteiger partial charge on any atom is -0.507 e. The molecule has 0 unspecified atom stereocenters. The number of fused-ring (bicyclic) bond motifs is 2. The van der Waals surface area contributed by atoms with Crippen LogP contribution in [0.4, 0.5) is 0 Å². The molecule has 146 valence electrons. The molecule has 0 aromatic heterocycles. The van der Waals surface area contributed by atoms with E-state index in [2.05, 4.69) is 0 Å². The first-order chi connectivity index (χ1) is 13.3. The molecule has 0 amide bonds. The fourth-order valence-corrected chi connectivity index (χ4v) is 3.76. The van der Waals surface area contributed by atoms with Crippen molar-refractivity contribution in [2.24, 2.45) is 0 Å². The number of ether oxygens (including phenoxy) is 3. The molecule has 1 N–H and O–H groups in total. The van der Waals surface area contributed by atoms with Crippen LogP contribution in [0, 0.1) is 6.92 Å². The number of carbonyl (C=O) groups excluding carboxylic acids is 1. The maximum atomic E-state index is 13.0. The predicted molar refractivity (Wildman–Crippen MR) is 105 cm³/mol. The molecule has 0 saturated carbocycles. The Hall–Kier alpha value is -2.54. The Labute approximate surface area is 167 Å². The van der Waals surface area contributed by atoms with Crippen LogP contribution in [0.25, 0.3) is 6.08 Å². The SMILES string of the molecule is Cc1cc(O)c(CN(C)C)c2c1C(=O)/C(=C/c1cc(Cl)cc3c1OCOC3)O2. The van der Waals surface area contributed by atoms with Gasteiger partial charge < -0.3 is 24.2 Å². The van der Waals surface area contributed by atoms with Crippen molar-refractivity contribution in [2.45, 2.75) is 20.1 Å². The summed E-state index contributed by atoms with van der Waals surface area (Å²) in [5.74, 6) is 1.09. The van der Waals surface area contributed by atoms with Gasteiger partial charge in [-0.3, -0.25) is 4.79 Å². The van der Waals surface area contributed by atoms with Crippen LogP contribution < -0.4 is 9.47 Å². The van der Waals surface area contributed by atoms with Crippen LogP contribution >= 0.6 is 11.6 Å². The highest BCUT2D eigenvalue weighted by molar-refractivity contribution is 6.31. The van der Waals surface area contributed by atoms with Crippen LogP contribution in [0.5, 0.6) is 17.2 Å². The van der Waals surface area contributed by atoms with Crippen molar-refractivity contribution in [2.75, 3.05) is 20.9 Å². The zero-order chi connectivity index (χ0) is 20.0. The Morgan fingerprint density at radius 3 is 2.79 bits per heavy atom. The summed E-state index contributed by atoms with van der Waals surface area (Å²) in [6.45, 7) is 2.76. The summed E-state index contributed by atoms with van der Waals surface area (Å²) >= 11 is 6.22. The van der Waals surface area contributed by atoms with Gasteiger partial charge in [0, 0.05) is 22.7 Å². The lowest BCUT2D eigenvalue weighted by Gasteiger charge is -2.20. The second kappa shape index (κ2) is 7.13. The van der Waals surface area contributed by atoms with Crippen molar-refractivity contribution >= 4 is 23.5 Å². The predicted octanol–water partition coefficient (Wildman–Crippen LogP) is 3.90. The van der Waals surface area contributed by atoms with Crippen LogP contribution in [-0.2, 0) is 17.9 Å². The number of rotatable bonds is 3. The smallest absolute Gasteiger partial charge is 0.232 e. The molecule has 0 radical (unpaired) electrons. The van der Waals surface area contributed by atoms with Crippen molar-refractivity contribution < 1.29 is 24.1 Å². The largest absolute Gasteiger partial charge is 0.507 e. The number of allylic oxidation sites excluding steroid dienone is 1. The Morgan fingerprint density at radius 2 is 2.04 bits per heavy atom. The van der Waals surface area contributed by atoms with E-state index in [1.807, 2.05) is 19.0 Å². The van der Waals surface area contributed by atoms with Gasteiger partial charge in [-0.2, -0.15) is 0 Å². The number of hydrogen-bond donors (Lipinski definition) is 1. The van der Waals surface area contributed by atoms with E-state index in [-0.39, 0.29) is 24.1 Å². The molecule has 6 nitrogen and oxygen atoms in total. The van der Waals surface area contributed by atoms with Gasteiger partial charge in [0.25, 0.3) is 0 Å². The standard InChI is InChI=1S/C21H20ClNO5/c1-11-4-16(24)15(8-23(2)3)21-18(11)19(25)17(28-21)7-12-5-14(22)6-13-9-26-10-27-20(12)13/h4-7,24H,8-10H2,1-3H3/b17-7-. The Morgan fingerprint density at radius 1 is 1.25 bits per heavy atom. The van der Waals surface area contributed by atoms with E-state index in [4.69, 9.17) is 25.8 Å². The third-order valence-electron chi connectivity index (χ3n) is 4.69. The lowest BCUT2D eigenvalue weighted by molar-refractivity contribution is -0.0165. The van der Waals surface area contributed by atoms with Crippen molar-refractivity contribution in [3.63, 3.8) is 0 Å².